The number of esters is 1. The van der Waals surface area contributed by atoms with Gasteiger partial charge in [-0.25, -0.2) is 9.18 Å². The van der Waals surface area contributed by atoms with Crippen LogP contribution in [0.5, 0.6) is 0 Å². The average Bonchev–Trinajstić information content (AvgIpc) is 2.74. The maximum atomic E-state index is 13.8. The van der Waals surface area contributed by atoms with Crippen LogP contribution in [0.2, 0.25) is 0 Å². The summed E-state index contributed by atoms with van der Waals surface area (Å²) in [7, 11) is 1.32. The van der Waals surface area contributed by atoms with Crippen LogP contribution in [0, 0.1) is 11.7 Å². The molecule has 2 rings (SSSR count). The van der Waals surface area contributed by atoms with Gasteiger partial charge in [-0.3, -0.25) is 0 Å². The van der Waals surface area contributed by atoms with Crippen LogP contribution in [-0.4, -0.2) is 19.6 Å². The monoisotopic (exact) mass is 279 g/mol. The van der Waals surface area contributed by atoms with Gasteiger partial charge in [0, 0.05) is 6.54 Å². The molecule has 1 saturated carbocycles. The third-order valence-corrected chi connectivity index (χ3v) is 3.94. The molecule has 0 heterocycles. The van der Waals surface area contributed by atoms with Crippen molar-refractivity contribution in [3.63, 3.8) is 0 Å². The normalized spacial score (nSPS) is 16.5. The number of benzene rings is 1. The zero-order valence-corrected chi connectivity index (χ0v) is 12.0. The lowest BCUT2D eigenvalue weighted by Crippen LogP contribution is -2.15. The van der Waals surface area contributed by atoms with Crippen molar-refractivity contribution in [1.29, 1.82) is 0 Å². The summed E-state index contributed by atoms with van der Waals surface area (Å²) in [6.45, 7) is 0.765. The second-order valence-electron chi connectivity index (χ2n) is 5.42. The number of carbonyl (C=O) groups excluding carboxylic acids is 1. The van der Waals surface area contributed by atoms with Crippen molar-refractivity contribution in [3.8, 4) is 0 Å². The van der Waals surface area contributed by atoms with Crippen molar-refractivity contribution in [3.05, 3.63) is 29.6 Å². The Balaban J connectivity index is 1.98. The summed E-state index contributed by atoms with van der Waals surface area (Å²) in [6.07, 6.45) is 7.54. The first kappa shape index (κ1) is 14.8. The first-order valence-corrected chi connectivity index (χ1v) is 7.32. The molecule has 0 unspecified atom stereocenters. The minimum absolute atomic E-state index is 0.328. The van der Waals surface area contributed by atoms with Crippen LogP contribution in [0.25, 0.3) is 0 Å². The highest BCUT2D eigenvalue weighted by molar-refractivity contribution is 5.90. The van der Waals surface area contributed by atoms with Gasteiger partial charge in [-0.2, -0.15) is 0 Å². The van der Waals surface area contributed by atoms with Gasteiger partial charge in [0.1, 0.15) is 5.82 Å². The van der Waals surface area contributed by atoms with E-state index in [2.05, 4.69) is 10.1 Å². The van der Waals surface area contributed by atoms with Gasteiger partial charge in [-0.1, -0.05) is 25.7 Å². The van der Waals surface area contributed by atoms with E-state index in [0.29, 0.717) is 17.2 Å². The molecule has 0 spiro atoms. The number of carbonyl (C=O) groups is 1. The Morgan fingerprint density at radius 3 is 2.65 bits per heavy atom. The second-order valence-corrected chi connectivity index (χ2v) is 5.42. The van der Waals surface area contributed by atoms with Crippen molar-refractivity contribution in [2.45, 2.75) is 38.5 Å². The minimum Gasteiger partial charge on any atom is -0.465 e. The molecule has 0 atom stereocenters. The molecular formula is C16H22FNO2. The molecule has 1 fully saturated rings. The van der Waals surface area contributed by atoms with Gasteiger partial charge in [-0.05, 0) is 37.0 Å². The molecule has 0 amide bonds. The second kappa shape index (κ2) is 7.27. The molecule has 20 heavy (non-hydrogen) atoms. The highest BCUT2D eigenvalue weighted by atomic mass is 19.1. The molecule has 0 radical (unpaired) electrons. The molecule has 110 valence electrons. The van der Waals surface area contributed by atoms with Crippen LogP contribution in [-0.2, 0) is 4.74 Å². The van der Waals surface area contributed by atoms with E-state index < -0.39 is 5.97 Å². The first-order chi connectivity index (χ1) is 9.70. The van der Waals surface area contributed by atoms with Gasteiger partial charge < -0.3 is 10.1 Å². The number of nitrogens with one attached hydrogen (secondary N) is 1. The molecule has 0 bridgehead atoms. The van der Waals surface area contributed by atoms with Gasteiger partial charge in [0.15, 0.2) is 0 Å². The Hall–Kier alpha value is -1.58. The smallest absolute Gasteiger partial charge is 0.337 e. The van der Waals surface area contributed by atoms with E-state index in [9.17, 15) is 9.18 Å². The van der Waals surface area contributed by atoms with Gasteiger partial charge in [-0.15, -0.1) is 0 Å². The summed E-state index contributed by atoms with van der Waals surface area (Å²) in [4.78, 5) is 11.5. The lowest BCUT2D eigenvalue weighted by atomic mass is 10.0. The van der Waals surface area contributed by atoms with Crippen LogP contribution >= 0.6 is 0 Å². The molecule has 1 aliphatic carbocycles. The quantitative estimate of drug-likeness (QED) is 0.669. The molecule has 0 aromatic heterocycles. The number of hydrogen-bond donors (Lipinski definition) is 1. The summed E-state index contributed by atoms with van der Waals surface area (Å²) in [5.41, 5.74) is 0.759. The van der Waals surface area contributed by atoms with Crippen molar-refractivity contribution < 1.29 is 13.9 Å². The average molecular weight is 279 g/mol. The van der Waals surface area contributed by atoms with Crippen LogP contribution < -0.4 is 5.32 Å². The van der Waals surface area contributed by atoms with Crippen molar-refractivity contribution >= 4 is 11.7 Å². The maximum absolute atomic E-state index is 13.8. The van der Waals surface area contributed by atoms with E-state index in [4.69, 9.17) is 0 Å². The molecule has 0 saturated heterocycles. The standard InChI is InChI=1S/C16H22FNO2/c1-20-16(19)13-8-9-14(17)15(10-13)18-11-12-6-4-2-3-5-7-12/h8-10,12,18H,2-7,11H2,1H3. The molecule has 4 heteroatoms. The molecule has 1 aliphatic rings. The van der Waals surface area contributed by atoms with E-state index in [1.54, 1.807) is 0 Å². The Morgan fingerprint density at radius 1 is 1.30 bits per heavy atom. The maximum Gasteiger partial charge on any atom is 0.337 e. The molecule has 0 aliphatic heterocycles. The fourth-order valence-electron chi connectivity index (χ4n) is 2.73. The van der Waals surface area contributed by atoms with E-state index in [1.807, 2.05) is 0 Å². The molecule has 1 aromatic rings. The van der Waals surface area contributed by atoms with Gasteiger partial charge in [0.05, 0.1) is 18.4 Å². The highest BCUT2D eigenvalue weighted by Crippen LogP contribution is 2.24. The topological polar surface area (TPSA) is 38.3 Å². The Bertz CT molecular complexity index is 454. The molecule has 1 N–H and O–H groups in total. The predicted molar refractivity (Wildman–Crippen MR) is 77.4 cm³/mol. The van der Waals surface area contributed by atoms with Crippen molar-refractivity contribution in [1.82, 2.24) is 0 Å². The lowest BCUT2D eigenvalue weighted by molar-refractivity contribution is 0.0600. The lowest BCUT2D eigenvalue weighted by Gasteiger charge is -2.16. The minimum atomic E-state index is -0.442. The number of ether oxygens (including phenoxy) is 1. The Kier molecular flexibility index (Phi) is 5.39. The first-order valence-electron chi connectivity index (χ1n) is 7.32. The van der Waals surface area contributed by atoms with Crippen molar-refractivity contribution in [2.75, 3.05) is 19.0 Å². The van der Waals surface area contributed by atoms with Crippen molar-refractivity contribution in [2.24, 2.45) is 5.92 Å². The van der Waals surface area contributed by atoms with Crippen LogP contribution in [0.1, 0.15) is 48.9 Å². The predicted octanol–water partition coefficient (Wildman–Crippen LogP) is 3.99. The Labute approximate surface area is 119 Å². The highest BCUT2D eigenvalue weighted by Gasteiger charge is 2.14. The number of rotatable bonds is 4. The Morgan fingerprint density at radius 2 is 2.00 bits per heavy atom. The van der Waals surface area contributed by atoms with Gasteiger partial charge in [0.25, 0.3) is 0 Å². The third kappa shape index (κ3) is 3.95. The molecule has 1 aromatic carbocycles. The van der Waals surface area contributed by atoms with Gasteiger partial charge >= 0.3 is 5.97 Å². The third-order valence-electron chi connectivity index (χ3n) is 3.94. The summed E-state index contributed by atoms with van der Waals surface area (Å²) >= 11 is 0. The summed E-state index contributed by atoms with van der Waals surface area (Å²) in [6, 6.07) is 4.28. The number of halogens is 1. The van der Waals surface area contributed by atoms with E-state index >= 15 is 0 Å². The molecule has 3 nitrogen and oxygen atoms in total. The number of methoxy groups -OCH3 is 1. The zero-order valence-electron chi connectivity index (χ0n) is 12.0. The van der Waals surface area contributed by atoms with Crippen LogP contribution in [0.15, 0.2) is 18.2 Å². The fourth-order valence-corrected chi connectivity index (χ4v) is 2.73. The van der Waals surface area contributed by atoms with E-state index in [1.165, 1.54) is 63.8 Å². The SMILES string of the molecule is COC(=O)c1ccc(F)c(NCC2CCCCCC2)c1. The summed E-state index contributed by atoms with van der Waals surface area (Å²) < 4.78 is 18.4. The fraction of sp³-hybridized carbons (Fsp3) is 0.562. The number of anilines is 1. The summed E-state index contributed by atoms with van der Waals surface area (Å²) in [5, 5.41) is 3.15. The van der Waals surface area contributed by atoms with Gasteiger partial charge in [0.2, 0.25) is 0 Å². The number of hydrogen-bond acceptors (Lipinski definition) is 3. The zero-order chi connectivity index (χ0) is 14.4. The van der Waals surface area contributed by atoms with E-state index in [0.717, 1.165) is 6.54 Å². The van der Waals surface area contributed by atoms with Crippen LogP contribution in [0.4, 0.5) is 10.1 Å². The largest absolute Gasteiger partial charge is 0.465 e. The van der Waals surface area contributed by atoms with E-state index in [-0.39, 0.29) is 5.82 Å². The summed E-state index contributed by atoms with van der Waals surface area (Å²) in [5.74, 6) is -0.174. The molecular weight excluding hydrogens is 257 g/mol. The van der Waals surface area contributed by atoms with Crippen LogP contribution in [0.3, 0.4) is 0 Å².